The Labute approximate surface area is 482 Å². The summed E-state index contributed by atoms with van der Waals surface area (Å²) in [5.41, 5.74) is 9.46. The minimum absolute atomic E-state index is 0.159. The van der Waals surface area contributed by atoms with Crippen molar-refractivity contribution in [1.82, 2.24) is 0 Å². The van der Waals surface area contributed by atoms with Crippen molar-refractivity contribution in [3.8, 4) is 23.0 Å². The van der Waals surface area contributed by atoms with Crippen LogP contribution in [0.4, 0.5) is 0 Å². The van der Waals surface area contributed by atoms with Crippen molar-refractivity contribution >= 4 is 17.2 Å². The first-order chi connectivity index (χ1) is 37.6. The van der Waals surface area contributed by atoms with Gasteiger partial charge in [0.05, 0.1) is 13.2 Å². The molecule has 0 aromatic heterocycles. The standard InChI is InChI=1S/C70H112O6P2/c1-14-19-23-27-31-35-44-58-46-37-39-48-65(58)73-77(71-50-41-33-29-25-21-16-3)75-67-52-56(6)61(54-63(67)69(8,9)10)60(43-18-5)62-55-64(70(11,12)13)68(53-57(62)7)76-78(72-51-42-34-30-26-22-17-4)74-66-49-40-38-47-59(66)45-36-32-28-24-20-15-2/h37-40,46-49,52-55,60H,14-36,41-45,50-51H2,1-13H3. The summed E-state index contributed by atoms with van der Waals surface area (Å²) >= 11 is 0. The van der Waals surface area contributed by atoms with Crippen molar-refractivity contribution in [2.45, 2.75) is 287 Å². The number of hydrogen-bond donors (Lipinski definition) is 0. The van der Waals surface area contributed by atoms with Gasteiger partial charge >= 0.3 is 17.2 Å². The minimum atomic E-state index is -1.73. The fourth-order valence-corrected chi connectivity index (χ4v) is 12.7. The zero-order chi connectivity index (χ0) is 56.6. The number of para-hydroxylation sites is 2. The Hall–Kier alpha value is -3.14. The van der Waals surface area contributed by atoms with Crippen LogP contribution < -0.4 is 18.1 Å². The average Bonchev–Trinajstić information content (AvgIpc) is 3.58. The van der Waals surface area contributed by atoms with Crippen LogP contribution in [0.15, 0.2) is 72.8 Å². The van der Waals surface area contributed by atoms with Crippen molar-refractivity contribution in [1.29, 1.82) is 0 Å². The van der Waals surface area contributed by atoms with E-state index in [0.29, 0.717) is 13.2 Å². The SMILES string of the molecule is CCCCCCCCOP(Oc1ccccc1CCCCCCCC)Oc1cc(C)c(C(CCC)c2cc(C(C)(C)C)c(OP(OCCCCCCCC)Oc3ccccc3CCCCCCCC)cc2C)cc1C(C)(C)C. The third-order valence-electron chi connectivity index (χ3n) is 15.3. The summed E-state index contributed by atoms with van der Waals surface area (Å²) in [5, 5.41) is 0. The van der Waals surface area contributed by atoms with Crippen molar-refractivity contribution in [2.24, 2.45) is 0 Å². The van der Waals surface area contributed by atoms with Gasteiger partial charge in [-0.05, 0) is 127 Å². The highest BCUT2D eigenvalue weighted by atomic mass is 31.2. The Kier molecular flexibility index (Phi) is 32.6. The molecule has 4 rings (SSSR count). The number of hydrogen-bond acceptors (Lipinski definition) is 6. The fourth-order valence-electron chi connectivity index (χ4n) is 10.5. The molecule has 0 radical (unpaired) electrons. The van der Waals surface area contributed by atoms with Crippen LogP contribution in [0.3, 0.4) is 0 Å². The monoisotopic (exact) mass is 1110 g/mol. The lowest BCUT2D eigenvalue weighted by atomic mass is 9.76. The molecule has 0 N–H and O–H groups in total. The van der Waals surface area contributed by atoms with Gasteiger partial charge in [-0.15, -0.1) is 0 Å². The van der Waals surface area contributed by atoms with E-state index in [1.165, 1.54) is 160 Å². The van der Waals surface area contributed by atoms with E-state index in [-0.39, 0.29) is 16.7 Å². The van der Waals surface area contributed by atoms with E-state index in [2.05, 4.69) is 163 Å². The van der Waals surface area contributed by atoms with Gasteiger partial charge in [0.15, 0.2) is 0 Å². The van der Waals surface area contributed by atoms with E-state index in [9.17, 15) is 0 Å². The summed E-state index contributed by atoms with van der Waals surface area (Å²) in [4.78, 5) is 0. The predicted octanol–water partition coefficient (Wildman–Crippen LogP) is 23.8. The molecule has 0 aliphatic heterocycles. The molecule has 0 saturated heterocycles. The van der Waals surface area contributed by atoms with Crippen LogP contribution in [-0.2, 0) is 32.7 Å². The van der Waals surface area contributed by atoms with Crippen molar-refractivity contribution < 1.29 is 27.1 Å². The van der Waals surface area contributed by atoms with Crippen molar-refractivity contribution in [3.63, 3.8) is 0 Å². The van der Waals surface area contributed by atoms with E-state index in [4.69, 9.17) is 27.1 Å². The van der Waals surface area contributed by atoms with Gasteiger partial charge in [-0.3, -0.25) is 9.05 Å². The molecule has 0 fully saturated rings. The lowest BCUT2D eigenvalue weighted by molar-refractivity contribution is 0.255. The average molecular weight is 1110 g/mol. The molecule has 0 aliphatic carbocycles. The highest BCUT2D eigenvalue weighted by Gasteiger charge is 2.31. The second-order valence-corrected chi connectivity index (χ2v) is 26.7. The van der Waals surface area contributed by atoms with E-state index >= 15 is 0 Å². The molecule has 4 aromatic carbocycles. The van der Waals surface area contributed by atoms with Gasteiger partial charge in [-0.25, -0.2) is 0 Å². The summed E-state index contributed by atoms with van der Waals surface area (Å²) in [5.74, 6) is 3.61. The Bertz CT molecular complexity index is 2070. The molecule has 0 heterocycles. The minimum Gasteiger partial charge on any atom is -0.417 e. The molecule has 0 bridgehead atoms. The van der Waals surface area contributed by atoms with E-state index in [1.807, 2.05) is 0 Å². The molecule has 0 aliphatic rings. The van der Waals surface area contributed by atoms with Crippen LogP contribution in [0.25, 0.3) is 0 Å². The Morgan fingerprint density at radius 2 is 0.692 bits per heavy atom. The molecule has 2 unspecified atom stereocenters. The second-order valence-electron chi connectivity index (χ2n) is 24.5. The first-order valence-electron chi connectivity index (χ1n) is 31.7. The van der Waals surface area contributed by atoms with Crippen LogP contribution in [0.5, 0.6) is 23.0 Å². The molecule has 438 valence electrons. The Balaban J connectivity index is 1.71. The number of benzene rings is 4. The molecule has 0 spiro atoms. The third kappa shape index (κ3) is 24.5. The molecule has 4 aromatic rings. The van der Waals surface area contributed by atoms with Gasteiger partial charge in [-0.1, -0.05) is 260 Å². The smallest absolute Gasteiger partial charge is 0.417 e. The van der Waals surface area contributed by atoms with Crippen LogP contribution >= 0.6 is 17.2 Å². The van der Waals surface area contributed by atoms with Crippen molar-refractivity contribution in [2.75, 3.05) is 13.2 Å². The number of rotatable bonds is 42. The Morgan fingerprint density at radius 3 is 1.04 bits per heavy atom. The third-order valence-corrected chi connectivity index (χ3v) is 17.5. The predicted molar refractivity (Wildman–Crippen MR) is 339 cm³/mol. The zero-order valence-electron chi connectivity index (χ0n) is 52.1. The molecule has 78 heavy (non-hydrogen) atoms. The summed E-state index contributed by atoms with van der Waals surface area (Å²) in [6.07, 6.45) is 33.5. The summed E-state index contributed by atoms with van der Waals surface area (Å²) in [6, 6.07) is 26.5. The summed E-state index contributed by atoms with van der Waals surface area (Å²) in [6.45, 7) is 31.0. The van der Waals surface area contributed by atoms with Crippen molar-refractivity contribution in [3.05, 3.63) is 117 Å². The van der Waals surface area contributed by atoms with E-state index < -0.39 is 17.2 Å². The maximum absolute atomic E-state index is 7.09. The number of aryl methyl sites for hydroxylation is 4. The maximum atomic E-state index is 7.09. The van der Waals surface area contributed by atoms with Gasteiger partial charge in [0, 0.05) is 17.0 Å². The molecular formula is C70H112O6P2. The highest BCUT2D eigenvalue weighted by molar-refractivity contribution is 7.42. The lowest BCUT2D eigenvalue weighted by Crippen LogP contribution is -2.18. The zero-order valence-corrected chi connectivity index (χ0v) is 53.9. The molecule has 0 saturated carbocycles. The summed E-state index contributed by atoms with van der Waals surface area (Å²) in [7, 11) is -3.47. The maximum Gasteiger partial charge on any atom is 0.463 e. The largest absolute Gasteiger partial charge is 0.463 e. The fraction of sp³-hybridized carbons (Fsp3) is 0.657. The molecule has 2 atom stereocenters. The van der Waals surface area contributed by atoms with Crippen LogP contribution in [0, 0.1) is 13.8 Å². The second kappa shape index (κ2) is 37.8. The first kappa shape index (κ1) is 67.4. The van der Waals surface area contributed by atoms with Crippen LogP contribution in [-0.4, -0.2) is 13.2 Å². The molecule has 8 heteroatoms. The van der Waals surface area contributed by atoms with Crippen LogP contribution in [0.1, 0.15) is 294 Å². The first-order valence-corrected chi connectivity index (χ1v) is 33.9. The van der Waals surface area contributed by atoms with Crippen LogP contribution in [0.2, 0.25) is 0 Å². The topological polar surface area (TPSA) is 55.4 Å². The lowest BCUT2D eigenvalue weighted by Gasteiger charge is -2.31. The molecule has 0 amide bonds. The van der Waals surface area contributed by atoms with Gasteiger partial charge in [0.2, 0.25) is 0 Å². The van der Waals surface area contributed by atoms with Gasteiger partial charge in [0.1, 0.15) is 23.0 Å². The van der Waals surface area contributed by atoms with Gasteiger partial charge in [-0.2, -0.15) is 0 Å². The van der Waals surface area contributed by atoms with Gasteiger partial charge < -0.3 is 18.1 Å². The van der Waals surface area contributed by atoms with E-state index in [1.54, 1.807) is 0 Å². The number of unbranched alkanes of at least 4 members (excludes halogenated alkanes) is 20. The molecular weight excluding hydrogens is 999 g/mol. The van der Waals surface area contributed by atoms with Gasteiger partial charge in [0.25, 0.3) is 0 Å². The molecule has 6 nitrogen and oxygen atoms in total. The summed E-state index contributed by atoms with van der Waals surface area (Å²) < 4.78 is 41.3. The quantitative estimate of drug-likeness (QED) is 0.0326. The Morgan fingerprint density at radius 1 is 0.372 bits per heavy atom. The van der Waals surface area contributed by atoms with E-state index in [0.717, 1.165) is 87.2 Å². The highest BCUT2D eigenvalue weighted by Crippen LogP contribution is 2.50. The normalized spacial score (nSPS) is 13.1.